The van der Waals surface area contributed by atoms with Crippen molar-refractivity contribution in [1.82, 2.24) is 35.0 Å². The molecule has 2 N–H and O–H groups in total. The van der Waals surface area contributed by atoms with Crippen molar-refractivity contribution in [3.8, 4) is 0 Å². The molecule has 9 nitrogen and oxygen atoms in total. The Kier molecular flexibility index (Phi) is 6.03. The zero-order valence-electron chi connectivity index (χ0n) is 16.8. The highest BCUT2D eigenvalue weighted by Crippen LogP contribution is 2.23. The topological polar surface area (TPSA) is 111 Å². The summed E-state index contributed by atoms with van der Waals surface area (Å²) in [5, 5.41) is 12.2. The van der Waals surface area contributed by atoms with Crippen molar-refractivity contribution in [2.75, 3.05) is 24.7 Å². The molecule has 0 fully saturated rings. The smallest absolute Gasteiger partial charge is 0.271 e. The molecule has 0 aliphatic carbocycles. The summed E-state index contributed by atoms with van der Waals surface area (Å²) in [4.78, 5) is 30.3. The first-order valence-corrected chi connectivity index (χ1v) is 10.9. The standard InChI is InChI=1S/C20H22N8OS/c1-3-8-21-17-13-11-24-28(18(13)27-20(26-17)30-2)10-9-22-19(29)16-12-23-14-6-4-5-7-15(14)25-16/h4-7,11-12H,3,8-10H2,1-2H3,(H,22,29)(H,21,26,27). The molecule has 0 radical (unpaired) electrons. The van der Waals surface area contributed by atoms with Crippen molar-refractivity contribution in [3.63, 3.8) is 0 Å². The van der Waals surface area contributed by atoms with Crippen molar-refractivity contribution in [2.45, 2.75) is 25.0 Å². The van der Waals surface area contributed by atoms with E-state index >= 15 is 0 Å². The van der Waals surface area contributed by atoms with Crippen LogP contribution in [0, 0.1) is 0 Å². The quantitative estimate of drug-likeness (QED) is 0.329. The molecule has 0 saturated carbocycles. The summed E-state index contributed by atoms with van der Waals surface area (Å²) in [6, 6.07) is 7.46. The molecule has 10 heteroatoms. The Morgan fingerprint density at radius 2 is 1.93 bits per heavy atom. The second-order valence-corrected chi connectivity index (χ2v) is 7.36. The number of hydrogen-bond donors (Lipinski definition) is 2. The van der Waals surface area contributed by atoms with Gasteiger partial charge in [-0.1, -0.05) is 30.8 Å². The zero-order chi connectivity index (χ0) is 20.9. The van der Waals surface area contributed by atoms with Crippen LogP contribution in [-0.2, 0) is 6.54 Å². The molecule has 4 rings (SSSR count). The van der Waals surface area contributed by atoms with E-state index in [2.05, 4.69) is 42.6 Å². The van der Waals surface area contributed by atoms with Gasteiger partial charge in [-0.3, -0.25) is 9.78 Å². The van der Waals surface area contributed by atoms with E-state index in [1.54, 1.807) is 10.9 Å². The van der Waals surface area contributed by atoms with Gasteiger partial charge in [-0.2, -0.15) is 5.10 Å². The van der Waals surface area contributed by atoms with Gasteiger partial charge in [-0.05, 0) is 24.8 Å². The van der Waals surface area contributed by atoms with Gasteiger partial charge in [0.2, 0.25) is 0 Å². The van der Waals surface area contributed by atoms with E-state index in [-0.39, 0.29) is 11.6 Å². The lowest BCUT2D eigenvalue weighted by atomic mass is 10.3. The summed E-state index contributed by atoms with van der Waals surface area (Å²) in [5.74, 6) is 0.516. The van der Waals surface area contributed by atoms with E-state index in [0.29, 0.717) is 23.8 Å². The summed E-state index contributed by atoms with van der Waals surface area (Å²) < 4.78 is 1.78. The highest BCUT2D eigenvalue weighted by Gasteiger charge is 2.13. The molecule has 3 aromatic heterocycles. The van der Waals surface area contributed by atoms with E-state index in [4.69, 9.17) is 0 Å². The predicted octanol–water partition coefficient (Wildman–Crippen LogP) is 2.74. The molecule has 4 aromatic rings. The van der Waals surface area contributed by atoms with Gasteiger partial charge >= 0.3 is 0 Å². The van der Waals surface area contributed by atoms with Crippen molar-refractivity contribution >= 4 is 45.6 Å². The van der Waals surface area contributed by atoms with Crippen LogP contribution in [0.2, 0.25) is 0 Å². The van der Waals surface area contributed by atoms with Crippen molar-refractivity contribution in [1.29, 1.82) is 0 Å². The molecular weight excluding hydrogens is 400 g/mol. The fraction of sp³-hybridized carbons (Fsp3) is 0.300. The Balaban J connectivity index is 1.47. The van der Waals surface area contributed by atoms with Crippen LogP contribution in [0.15, 0.2) is 41.8 Å². The highest BCUT2D eigenvalue weighted by molar-refractivity contribution is 7.98. The minimum atomic E-state index is -0.269. The molecule has 0 unspecified atom stereocenters. The zero-order valence-corrected chi connectivity index (χ0v) is 17.6. The Morgan fingerprint density at radius 3 is 2.73 bits per heavy atom. The average molecular weight is 423 g/mol. The summed E-state index contributed by atoms with van der Waals surface area (Å²) in [6.45, 7) is 3.80. The molecule has 3 heterocycles. The number of anilines is 1. The lowest BCUT2D eigenvalue weighted by Crippen LogP contribution is -2.28. The first-order chi connectivity index (χ1) is 14.7. The summed E-state index contributed by atoms with van der Waals surface area (Å²) in [6.07, 6.45) is 6.19. The monoisotopic (exact) mass is 422 g/mol. The number of carbonyl (C=O) groups excluding carboxylic acids is 1. The van der Waals surface area contributed by atoms with Crippen molar-refractivity contribution in [2.24, 2.45) is 0 Å². The number of nitrogens with zero attached hydrogens (tertiary/aromatic N) is 6. The number of carbonyl (C=O) groups is 1. The van der Waals surface area contributed by atoms with Gasteiger partial charge in [-0.15, -0.1) is 0 Å². The number of aromatic nitrogens is 6. The lowest BCUT2D eigenvalue weighted by Gasteiger charge is -2.09. The van der Waals surface area contributed by atoms with E-state index < -0.39 is 0 Å². The number of benzene rings is 1. The van der Waals surface area contributed by atoms with Crippen LogP contribution < -0.4 is 10.6 Å². The first-order valence-electron chi connectivity index (χ1n) is 9.71. The van der Waals surface area contributed by atoms with E-state index in [1.807, 2.05) is 30.5 Å². The van der Waals surface area contributed by atoms with Crippen LogP contribution in [0.25, 0.3) is 22.1 Å². The van der Waals surface area contributed by atoms with Gasteiger partial charge in [0, 0.05) is 13.1 Å². The van der Waals surface area contributed by atoms with Gasteiger partial charge < -0.3 is 10.6 Å². The summed E-state index contributed by atoms with van der Waals surface area (Å²) in [7, 11) is 0. The lowest BCUT2D eigenvalue weighted by molar-refractivity contribution is 0.0947. The first kappa shape index (κ1) is 20.0. The molecular formula is C20H22N8OS. The highest BCUT2D eigenvalue weighted by atomic mass is 32.2. The minimum absolute atomic E-state index is 0.269. The minimum Gasteiger partial charge on any atom is -0.369 e. The van der Waals surface area contributed by atoms with E-state index in [0.717, 1.165) is 35.3 Å². The number of amides is 1. The predicted molar refractivity (Wildman–Crippen MR) is 118 cm³/mol. The Labute approximate surface area is 177 Å². The molecule has 1 amide bonds. The molecule has 30 heavy (non-hydrogen) atoms. The third-order valence-corrected chi connectivity index (χ3v) is 5.04. The Hall–Kier alpha value is -3.27. The largest absolute Gasteiger partial charge is 0.369 e. The van der Waals surface area contributed by atoms with E-state index in [9.17, 15) is 4.79 Å². The molecule has 0 saturated heterocycles. The van der Waals surface area contributed by atoms with Gasteiger partial charge in [0.1, 0.15) is 11.5 Å². The molecule has 0 aliphatic heterocycles. The molecule has 154 valence electrons. The third kappa shape index (κ3) is 4.18. The number of hydrogen-bond acceptors (Lipinski definition) is 8. The van der Waals surface area contributed by atoms with Crippen molar-refractivity contribution in [3.05, 3.63) is 42.4 Å². The Morgan fingerprint density at radius 1 is 1.10 bits per heavy atom. The van der Waals surface area contributed by atoms with Crippen LogP contribution in [0.5, 0.6) is 0 Å². The second-order valence-electron chi connectivity index (χ2n) is 6.59. The Bertz CT molecular complexity index is 1190. The number of fused-ring (bicyclic) bond motifs is 2. The van der Waals surface area contributed by atoms with Crippen LogP contribution in [0.1, 0.15) is 23.8 Å². The number of rotatable bonds is 8. The van der Waals surface area contributed by atoms with Gasteiger partial charge in [0.25, 0.3) is 5.91 Å². The number of thioether (sulfide) groups is 1. The number of nitrogens with one attached hydrogen (secondary N) is 2. The van der Waals surface area contributed by atoms with Gasteiger partial charge in [-0.25, -0.2) is 19.6 Å². The molecule has 0 atom stereocenters. The average Bonchev–Trinajstić information content (AvgIpc) is 3.19. The van der Waals surface area contributed by atoms with Gasteiger partial charge in [0.15, 0.2) is 10.8 Å². The maximum atomic E-state index is 12.5. The van der Waals surface area contributed by atoms with Crippen LogP contribution in [-0.4, -0.2) is 55.0 Å². The summed E-state index contributed by atoms with van der Waals surface area (Å²) in [5.41, 5.74) is 2.48. The SMILES string of the molecule is CCCNc1nc(SC)nc2c1cnn2CCNC(=O)c1cnc2ccccc2n1. The van der Waals surface area contributed by atoms with Crippen LogP contribution in [0.4, 0.5) is 5.82 Å². The third-order valence-electron chi connectivity index (χ3n) is 4.49. The molecule has 0 aliphatic rings. The fourth-order valence-electron chi connectivity index (χ4n) is 3.00. The fourth-order valence-corrected chi connectivity index (χ4v) is 3.36. The van der Waals surface area contributed by atoms with E-state index in [1.165, 1.54) is 18.0 Å². The van der Waals surface area contributed by atoms with Crippen LogP contribution >= 0.6 is 11.8 Å². The molecule has 1 aromatic carbocycles. The normalized spacial score (nSPS) is 11.1. The summed E-state index contributed by atoms with van der Waals surface area (Å²) >= 11 is 1.48. The van der Waals surface area contributed by atoms with Crippen LogP contribution in [0.3, 0.4) is 0 Å². The number of para-hydroxylation sites is 2. The molecule has 0 spiro atoms. The van der Waals surface area contributed by atoms with Gasteiger partial charge in [0.05, 0.1) is 35.4 Å². The maximum Gasteiger partial charge on any atom is 0.271 e. The van der Waals surface area contributed by atoms with Crippen molar-refractivity contribution < 1.29 is 4.79 Å². The second kappa shape index (κ2) is 9.04. The molecule has 0 bridgehead atoms. The maximum absolute atomic E-state index is 12.5.